The maximum Gasteiger partial charge on any atom is 0.263 e. The summed E-state index contributed by atoms with van der Waals surface area (Å²) in [5.41, 5.74) is -0.0513. The number of hydrogen-bond donors (Lipinski definition) is 1. The molecule has 2 aliphatic rings. The first-order valence-electron chi connectivity index (χ1n) is 7.80. The number of piperidine rings is 1. The van der Waals surface area contributed by atoms with E-state index in [1.165, 1.54) is 11.3 Å². The average Bonchev–Trinajstić information content (AvgIpc) is 3.02. The third kappa shape index (κ3) is 3.30. The van der Waals surface area contributed by atoms with E-state index in [0.29, 0.717) is 5.92 Å². The van der Waals surface area contributed by atoms with E-state index in [4.69, 9.17) is 9.84 Å². The first-order chi connectivity index (χ1) is 10.2. The van der Waals surface area contributed by atoms with E-state index in [9.17, 15) is 4.79 Å². The summed E-state index contributed by atoms with van der Waals surface area (Å²) in [5, 5.41) is 11.1. The van der Waals surface area contributed by atoms with E-state index in [1.54, 1.807) is 0 Å². The Morgan fingerprint density at radius 1 is 1.48 bits per heavy atom. The molecular formula is C16H23NO3S. The number of ether oxygens (including phenoxy) is 1. The normalized spacial score (nSPS) is 25.2. The Labute approximate surface area is 129 Å². The Hall–Kier alpha value is -0.910. The van der Waals surface area contributed by atoms with Crippen molar-refractivity contribution in [3.05, 3.63) is 22.4 Å². The fourth-order valence-electron chi connectivity index (χ4n) is 3.58. The molecule has 0 aliphatic carbocycles. The molecule has 1 aromatic heterocycles. The van der Waals surface area contributed by atoms with Crippen molar-refractivity contribution in [2.24, 2.45) is 5.92 Å². The maximum atomic E-state index is 12.4. The van der Waals surface area contributed by atoms with Gasteiger partial charge in [-0.05, 0) is 49.5 Å². The van der Waals surface area contributed by atoms with Crippen LogP contribution in [0.3, 0.4) is 0 Å². The molecule has 2 saturated heterocycles. The summed E-state index contributed by atoms with van der Waals surface area (Å²) in [4.78, 5) is 15.1. The molecule has 1 spiro atoms. The van der Waals surface area contributed by atoms with Crippen LogP contribution in [0, 0.1) is 5.92 Å². The van der Waals surface area contributed by atoms with Gasteiger partial charge in [0, 0.05) is 26.3 Å². The van der Waals surface area contributed by atoms with Crippen LogP contribution < -0.4 is 0 Å². The molecule has 1 atom stereocenters. The van der Waals surface area contributed by atoms with Crippen LogP contribution in [-0.2, 0) is 4.74 Å². The number of hydrogen-bond acceptors (Lipinski definition) is 4. The van der Waals surface area contributed by atoms with Gasteiger partial charge in [0.05, 0.1) is 10.5 Å². The monoisotopic (exact) mass is 309 g/mol. The van der Waals surface area contributed by atoms with Gasteiger partial charge in [-0.15, -0.1) is 11.3 Å². The molecule has 1 amide bonds. The molecule has 116 valence electrons. The third-order valence-corrected chi connectivity index (χ3v) is 5.68. The number of nitrogens with zero attached hydrogens (tertiary/aromatic N) is 1. The topological polar surface area (TPSA) is 49.8 Å². The molecule has 0 aromatic carbocycles. The molecular weight excluding hydrogens is 286 g/mol. The van der Waals surface area contributed by atoms with Gasteiger partial charge in [0.2, 0.25) is 0 Å². The number of rotatable bonds is 3. The first kappa shape index (κ1) is 15.0. The minimum absolute atomic E-state index is 0.0513. The summed E-state index contributed by atoms with van der Waals surface area (Å²) in [5.74, 6) is 0.728. The standard InChI is InChI=1S/C16H23NO3S/c18-9-3-13-4-10-20-16(12-13)5-7-17(8-6-16)15(19)14-2-1-11-21-14/h1-2,11,13,18H,3-10,12H2. The Bertz CT molecular complexity index is 464. The lowest BCUT2D eigenvalue weighted by Gasteiger charge is -2.46. The quantitative estimate of drug-likeness (QED) is 0.933. The van der Waals surface area contributed by atoms with Crippen molar-refractivity contribution in [3.63, 3.8) is 0 Å². The zero-order valence-electron chi connectivity index (χ0n) is 12.3. The van der Waals surface area contributed by atoms with E-state index >= 15 is 0 Å². The van der Waals surface area contributed by atoms with Gasteiger partial charge >= 0.3 is 0 Å². The molecule has 2 aliphatic heterocycles. The molecule has 0 bridgehead atoms. The fraction of sp³-hybridized carbons (Fsp3) is 0.688. The number of aliphatic hydroxyl groups excluding tert-OH is 1. The summed E-state index contributed by atoms with van der Waals surface area (Å²) in [7, 11) is 0. The third-order valence-electron chi connectivity index (χ3n) is 4.83. The highest BCUT2D eigenvalue weighted by molar-refractivity contribution is 7.12. The largest absolute Gasteiger partial charge is 0.396 e. The molecule has 1 N–H and O–H groups in total. The van der Waals surface area contributed by atoms with Gasteiger partial charge in [-0.2, -0.15) is 0 Å². The lowest BCUT2D eigenvalue weighted by molar-refractivity contribution is -0.125. The van der Waals surface area contributed by atoms with Crippen molar-refractivity contribution in [3.8, 4) is 0 Å². The molecule has 3 rings (SSSR count). The van der Waals surface area contributed by atoms with Crippen LogP contribution in [0.2, 0.25) is 0 Å². The highest BCUT2D eigenvalue weighted by Gasteiger charge is 2.41. The molecule has 3 heterocycles. The summed E-state index contributed by atoms with van der Waals surface area (Å²) < 4.78 is 6.08. The van der Waals surface area contributed by atoms with Crippen molar-refractivity contribution in [2.75, 3.05) is 26.3 Å². The summed E-state index contributed by atoms with van der Waals surface area (Å²) >= 11 is 1.51. The van der Waals surface area contributed by atoms with Crippen molar-refractivity contribution in [1.82, 2.24) is 4.90 Å². The van der Waals surface area contributed by atoms with E-state index in [0.717, 1.165) is 56.7 Å². The maximum absolute atomic E-state index is 12.4. The second-order valence-corrected chi connectivity index (χ2v) is 7.12. The molecule has 21 heavy (non-hydrogen) atoms. The number of thiophene rings is 1. The number of carbonyl (C=O) groups is 1. The van der Waals surface area contributed by atoms with Crippen LogP contribution in [0.1, 0.15) is 41.8 Å². The Morgan fingerprint density at radius 3 is 2.95 bits per heavy atom. The lowest BCUT2D eigenvalue weighted by Crippen LogP contribution is -2.50. The molecule has 1 unspecified atom stereocenters. The van der Waals surface area contributed by atoms with Gasteiger partial charge < -0.3 is 14.7 Å². The second kappa shape index (κ2) is 6.46. The summed E-state index contributed by atoms with van der Waals surface area (Å²) in [6, 6.07) is 3.82. The summed E-state index contributed by atoms with van der Waals surface area (Å²) in [6.45, 7) is 2.62. The van der Waals surface area contributed by atoms with Gasteiger partial charge in [0.25, 0.3) is 5.91 Å². The van der Waals surface area contributed by atoms with Crippen LogP contribution in [-0.4, -0.2) is 47.8 Å². The highest BCUT2D eigenvalue weighted by atomic mass is 32.1. The molecule has 2 fully saturated rings. The van der Waals surface area contributed by atoms with Crippen LogP contribution in [0.25, 0.3) is 0 Å². The van der Waals surface area contributed by atoms with E-state index in [-0.39, 0.29) is 18.1 Å². The Kier molecular flexibility index (Phi) is 4.62. The highest BCUT2D eigenvalue weighted by Crippen LogP contribution is 2.39. The molecule has 0 saturated carbocycles. The van der Waals surface area contributed by atoms with Crippen molar-refractivity contribution < 1.29 is 14.6 Å². The van der Waals surface area contributed by atoms with E-state index in [1.807, 2.05) is 22.4 Å². The first-order valence-corrected chi connectivity index (χ1v) is 8.68. The van der Waals surface area contributed by atoms with E-state index < -0.39 is 0 Å². The van der Waals surface area contributed by atoms with Crippen molar-refractivity contribution in [2.45, 2.75) is 37.7 Å². The predicted octanol–water partition coefficient (Wildman–Crippen LogP) is 2.53. The SMILES string of the molecule is O=C(c1cccs1)N1CCC2(CC1)CC(CCO)CCO2. The summed E-state index contributed by atoms with van der Waals surface area (Å²) in [6.07, 6.45) is 4.82. The van der Waals surface area contributed by atoms with Gasteiger partial charge in [0.15, 0.2) is 0 Å². The zero-order valence-corrected chi connectivity index (χ0v) is 13.1. The van der Waals surface area contributed by atoms with Gasteiger partial charge in [-0.25, -0.2) is 0 Å². The minimum atomic E-state index is -0.0513. The van der Waals surface area contributed by atoms with E-state index in [2.05, 4.69) is 0 Å². The molecule has 4 nitrogen and oxygen atoms in total. The van der Waals surface area contributed by atoms with Gasteiger partial charge in [0.1, 0.15) is 0 Å². The molecule has 0 radical (unpaired) electrons. The average molecular weight is 309 g/mol. The smallest absolute Gasteiger partial charge is 0.263 e. The van der Waals surface area contributed by atoms with Crippen molar-refractivity contribution >= 4 is 17.2 Å². The van der Waals surface area contributed by atoms with Crippen LogP contribution in [0.15, 0.2) is 17.5 Å². The number of aliphatic hydroxyl groups is 1. The van der Waals surface area contributed by atoms with Gasteiger partial charge in [-0.1, -0.05) is 6.07 Å². The fourth-order valence-corrected chi connectivity index (χ4v) is 4.27. The van der Waals surface area contributed by atoms with Gasteiger partial charge in [-0.3, -0.25) is 4.79 Å². The minimum Gasteiger partial charge on any atom is -0.396 e. The predicted molar refractivity (Wildman–Crippen MR) is 82.6 cm³/mol. The zero-order chi connectivity index (χ0) is 14.7. The number of likely N-dealkylation sites (tertiary alicyclic amines) is 1. The van der Waals surface area contributed by atoms with Crippen molar-refractivity contribution in [1.29, 1.82) is 0 Å². The Balaban J connectivity index is 1.58. The Morgan fingerprint density at radius 2 is 2.29 bits per heavy atom. The number of carbonyl (C=O) groups excluding carboxylic acids is 1. The van der Waals surface area contributed by atoms with Crippen LogP contribution >= 0.6 is 11.3 Å². The second-order valence-electron chi connectivity index (χ2n) is 6.17. The lowest BCUT2D eigenvalue weighted by atomic mass is 9.78. The molecule has 5 heteroatoms. The van der Waals surface area contributed by atoms with Crippen LogP contribution in [0.5, 0.6) is 0 Å². The number of amides is 1. The molecule has 1 aromatic rings. The van der Waals surface area contributed by atoms with Crippen LogP contribution in [0.4, 0.5) is 0 Å².